The molecule has 1 saturated heterocycles. The van der Waals surface area contributed by atoms with Crippen molar-refractivity contribution in [3.8, 4) is 6.07 Å². The minimum Gasteiger partial charge on any atom is -0.331 e. The summed E-state index contributed by atoms with van der Waals surface area (Å²) >= 11 is 3.52. The summed E-state index contributed by atoms with van der Waals surface area (Å²) < 4.78 is 0. The van der Waals surface area contributed by atoms with Gasteiger partial charge in [0.25, 0.3) is 0 Å². The third-order valence-corrected chi connectivity index (χ3v) is 4.52. The summed E-state index contributed by atoms with van der Waals surface area (Å²) in [5.74, 6) is 3.16. The number of amides is 1. The molecule has 1 amide bonds. The van der Waals surface area contributed by atoms with Gasteiger partial charge in [-0.2, -0.15) is 17.0 Å². The lowest BCUT2D eigenvalue weighted by atomic mass is 10.4. The number of thioether (sulfide) groups is 2. The molecule has 0 aromatic rings. The average Bonchev–Trinajstić information content (AvgIpc) is 2.18. The van der Waals surface area contributed by atoms with E-state index in [9.17, 15) is 4.79 Å². The van der Waals surface area contributed by atoms with Gasteiger partial charge in [0.1, 0.15) is 6.54 Å². The first kappa shape index (κ1) is 10.7. The van der Waals surface area contributed by atoms with Crippen LogP contribution in [-0.2, 0) is 4.79 Å². The van der Waals surface area contributed by atoms with Crippen LogP contribution in [0.1, 0.15) is 0 Å². The van der Waals surface area contributed by atoms with Gasteiger partial charge in [-0.05, 0) is 0 Å². The number of nitrogens with zero attached hydrogens (tertiary/aromatic N) is 2. The largest absolute Gasteiger partial charge is 0.331 e. The third-order valence-electron chi connectivity index (χ3n) is 1.78. The maximum atomic E-state index is 11.6. The van der Waals surface area contributed by atoms with Crippen LogP contribution in [0.15, 0.2) is 0 Å². The van der Waals surface area contributed by atoms with Crippen molar-refractivity contribution in [1.82, 2.24) is 4.90 Å². The smallest absolute Gasteiger partial charge is 0.237 e. The first-order valence-corrected chi connectivity index (χ1v) is 6.27. The molecule has 1 aliphatic heterocycles. The van der Waals surface area contributed by atoms with E-state index in [1.165, 1.54) is 4.90 Å². The summed E-state index contributed by atoms with van der Waals surface area (Å²) in [5.41, 5.74) is 0. The van der Waals surface area contributed by atoms with Crippen molar-refractivity contribution >= 4 is 29.4 Å². The van der Waals surface area contributed by atoms with Gasteiger partial charge in [0.15, 0.2) is 0 Å². The van der Waals surface area contributed by atoms with Crippen molar-refractivity contribution in [3.05, 3.63) is 0 Å². The Kier molecular flexibility index (Phi) is 4.46. The Morgan fingerprint density at radius 3 is 3.00 bits per heavy atom. The first-order valence-electron chi connectivity index (χ1n) is 4.07. The average molecular weight is 216 g/mol. The van der Waals surface area contributed by atoms with Crippen molar-refractivity contribution in [3.63, 3.8) is 0 Å². The molecule has 5 heteroatoms. The van der Waals surface area contributed by atoms with Gasteiger partial charge in [0.05, 0.1) is 11.3 Å². The molecule has 1 rings (SSSR count). The molecule has 0 saturated carbocycles. The summed E-state index contributed by atoms with van der Waals surface area (Å²) in [5, 5.41) is 8.49. The van der Waals surface area contributed by atoms with Gasteiger partial charge in [-0.1, -0.05) is 0 Å². The molecule has 13 heavy (non-hydrogen) atoms. The predicted octanol–water partition coefficient (Wildman–Crippen LogP) is 0.817. The van der Waals surface area contributed by atoms with Crippen molar-refractivity contribution in [1.29, 1.82) is 5.26 Å². The molecule has 3 nitrogen and oxygen atoms in total. The SMILES string of the molecule is CN(CC#N)C(=O)C1CSCCS1. The molecule has 0 spiro atoms. The molecule has 1 fully saturated rings. The highest BCUT2D eigenvalue weighted by molar-refractivity contribution is 8.07. The summed E-state index contributed by atoms with van der Waals surface area (Å²) in [6, 6.07) is 1.98. The molecule has 72 valence electrons. The lowest BCUT2D eigenvalue weighted by Gasteiger charge is -2.24. The highest BCUT2D eigenvalue weighted by Gasteiger charge is 2.24. The van der Waals surface area contributed by atoms with Gasteiger partial charge >= 0.3 is 0 Å². The van der Waals surface area contributed by atoms with E-state index in [1.54, 1.807) is 18.8 Å². The molecule has 1 heterocycles. The summed E-state index contributed by atoms with van der Waals surface area (Å²) in [7, 11) is 1.69. The topological polar surface area (TPSA) is 44.1 Å². The predicted molar refractivity (Wildman–Crippen MR) is 56.8 cm³/mol. The summed E-state index contributed by atoms with van der Waals surface area (Å²) in [6.07, 6.45) is 0. The van der Waals surface area contributed by atoms with Crippen LogP contribution in [0.5, 0.6) is 0 Å². The zero-order valence-corrected chi connectivity index (χ0v) is 9.16. The Morgan fingerprint density at radius 1 is 1.69 bits per heavy atom. The second-order valence-corrected chi connectivity index (χ2v) is 5.25. The minimum atomic E-state index is 0.0668. The van der Waals surface area contributed by atoms with Crippen LogP contribution in [0, 0.1) is 11.3 Å². The van der Waals surface area contributed by atoms with Gasteiger partial charge in [-0.15, -0.1) is 11.8 Å². The summed E-state index contributed by atoms with van der Waals surface area (Å²) in [4.78, 5) is 13.1. The van der Waals surface area contributed by atoms with E-state index < -0.39 is 0 Å². The fourth-order valence-electron chi connectivity index (χ4n) is 1.06. The van der Waals surface area contributed by atoms with Crippen molar-refractivity contribution < 1.29 is 4.79 Å². The lowest BCUT2D eigenvalue weighted by Crippen LogP contribution is -2.37. The maximum absolute atomic E-state index is 11.6. The van der Waals surface area contributed by atoms with Crippen molar-refractivity contribution in [2.75, 3.05) is 30.9 Å². The standard InChI is InChI=1S/C8H12N2OS2/c1-10(3-2-9)8(11)7-6-12-4-5-13-7/h7H,3-6H2,1H3. The fraction of sp³-hybridized carbons (Fsp3) is 0.750. The van der Waals surface area contributed by atoms with Gasteiger partial charge in [-0.3, -0.25) is 4.79 Å². The van der Waals surface area contributed by atoms with E-state index in [1.807, 2.05) is 17.8 Å². The van der Waals surface area contributed by atoms with Crippen molar-refractivity contribution in [2.24, 2.45) is 0 Å². The minimum absolute atomic E-state index is 0.0668. The van der Waals surface area contributed by atoms with E-state index in [4.69, 9.17) is 5.26 Å². The van der Waals surface area contributed by atoms with Gasteiger partial charge < -0.3 is 4.90 Å². The van der Waals surface area contributed by atoms with Crippen LogP contribution in [0.25, 0.3) is 0 Å². The number of carbonyl (C=O) groups excluding carboxylic acids is 1. The number of hydrogen-bond donors (Lipinski definition) is 0. The van der Waals surface area contributed by atoms with Crippen LogP contribution in [-0.4, -0.2) is 46.9 Å². The van der Waals surface area contributed by atoms with E-state index in [0.29, 0.717) is 0 Å². The maximum Gasteiger partial charge on any atom is 0.237 e. The van der Waals surface area contributed by atoms with Crippen LogP contribution >= 0.6 is 23.5 Å². The van der Waals surface area contributed by atoms with E-state index >= 15 is 0 Å². The Labute approximate surface area is 86.8 Å². The Balaban J connectivity index is 2.41. The highest BCUT2D eigenvalue weighted by atomic mass is 32.2. The van der Waals surface area contributed by atoms with Crippen LogP contribution in [0.4, 0.5) is 0 Å². The first-order chi connectivity index (χ1) is 6.25. The zero-order chi connectivity index (χ0) is 9.68. The molecule has 0 radical (unpaired) electrons. The van der Waals surface area contributed by atoms with E-state index in [-0.39, 0.29) is 17.7 Å². The highest BCUT2D eigenvalue weighted by Crippen LogP contribution is 2.25. The fourth-order valence-corrected chi connectivity index (χ4v) is 3.72. The molecule has 0 aromatic heterocycles. The number of rotatable bonds is 2. The molecule has 1 atom stereocenters. The molecule has 1 aliphatic rings. The third kappa shape index (κ3) is 3.12. The zero-order valence-electron chi connectivity index (χ0n) is 7.52. The molecular formula is C8H12N2OS2. The van der Waals surface area contributed by atoms with Gasteiger partial charge in [-0.25, -0.2) is 0 Å². The Bertz CT molecular complexity index is 221. The van der Waals surface area contributed by atoms with E-state index in [0.717, 1.165) is 17.3 Å². The molecule has 0 bridgehead atoms. The molecular weight excluding hydrogens is 204 g/mol. The summed E-state index contributed by atoms with van der Waals surface area (Å²) in [6.45, 7) is 0.195. The Morgan fingerprint density at radius 2 is 2.46 bits per heavy atom. The second kappa shape index (κ2) is 5.40. The van der Waals surface area contributed by atoms with E-state index in [2.05, 4.69) is 0 Å². The van der Waals surface area contributed by atoms with Crippen molar-refractivity contribution in [2.45, 2.75) is 5.25 Å². The Hall–Kier alpha value is -0.340. The van der Waals surface area contributed by atoms with Gasteiger partial charge in [0.2, 0.25) is 5.91 Å². The number of carbonyl (C=O) groups is 1. The molecule has 0 N–H and O–H groups in total. The molecule has 1 unspecified atom stereocenters. The normalized spacial score (nSPS) is 22.0. The molecule has 0 aliphatic carbocycles. The number of hydrogen-bond acceptors (Lipinski definition) is 4. The van der Waals surface area contributed by atoms with Crippen LogP contribution < -0.4 is 0 Å². The van der Waals surface area contributed by atoms with Gasteiger partial charge in [0, 0.05) is 24.3 Å². The van der Waals surface area contributed by atoms with Crippen LogP contribution in [0.3, 0.4) is 0 Å². The van der Waals surface area contributed by atoms with Crippen LogP contribution in [0.2, 0.25) is 0 Å². The second-order valence-electron chi connectivity index (χ2n) is 2.79. The monoisotopic (exact) mass is 216 g/mol. The number of nitriles is 1. The quantitative estimate of drug-likeness (QED) is 0.641. The lowest BCUT2D eigenvalue weighted by molar-refractivity contribution is -0.128. The molecule has 0 aromatic carbocycles.